The van der Waals surface area contributed by atoms with Gasteiger partial charge in [0.25, 0.3) is 0 Å². The Labute approximate surface area is 153 Å². The molecule has 0 unspecified atom stereocenters. The maximum atomic E-state index is 12.5. The summed E-state index contributed by atoms with van der Waals surface area (Å²) < 4.78 is 43.0. The first-order chi connectivity index (χ1) is 13.0. The molecule has 5 nitrogen and oxygen atoms in total. The zero-order valence-corrected chi connectivity index (χ0v) is 14.4. The van der Waals surface area contributed by atoms with Gasteiger partial charge in [0.2, 0.25) is 0 Å². The van der Waals surface area contributed by atoms with E-state index in [2.05, 4.69) is 19.8 Å². The topological polar surface area (TPSA) is 51.8 Å². The van der Waals surface area contributed by atoms with Gasteiger partial charge in [-0.3, -0.25) is 0 Å². The van der Waals surface area contributed by atoms with Gasteiger partial charge in [0.15, 0.2) is 11.5 Å². The average molecular weight is 374 g/mol. The summed E-state index contributed by atoms with van der Waals surface area (Å²) in [6.45, 7) is 0. The maximum Gasteiger partial charge on any atom is 0.573 e. The number of alkyl halides is 3. The molecule has 0 amide bonds. The van der Waals surface area contributed by atoms with Crippen molar-refractivity contribution in [2.45, 2.75) is 38.5 Å². The number of hydrogen-bond donors (Lipinski definition) is 0. The molecule has 2 heterocycles. The second kappa shape index (κ2) is 7.02. The molecule has 1 fully saturated rings. The van der Waals surface area contributed by atoms with Crippen LogP contribution in [0.2, 0.25) is 0 Å². The van der Waals surface area contributed by atoms with Crippen molar-refractivity contribution in [2.24, 2.45) is 4.99 Å². The Hall–Kier alpha value is -2.90. The highest BCUT2D eigenvalue weighted by molar-refractivity contribution is 5.87. The Morgan fingerprint density at radius 3 is 2.63 bits per heavy atom. The lowest BCUT2D eigenvalue weighted by Crippen LogP contribution is -2.17. The van der Waals surface area contributed by atoms with Gasteiger partial charge in [0, 0.05) is 11.3 Å². The Morgan fingerprint density at radius 2 is 1.85 bits per heavy atom. The van der Waals surface area contributed by atoms with Gasteiger partial charge in [-0.15, -0.1) is 18.3 Å². The zero-order chi connectivity index (χ0) is 18.9. The molecule has 27 heavy (non-hydrogen) atoms. The maximum absolute atomic E-state index is 12.5. The molecule has 1 aliphatic rings. The fourth-order valence-electron chi connectivity index (χ4n) is 3.21. The van der Waals surface area contributed by atoms with Crippen LogP contribution >= 0.6 is 0 Å². The van der Waals surface area contributed by atoms with Crippen LogP contribution in [0.4, 0.5) is 19.0 Å². The Balaban J connectivity index is 1.70. The Morgan fingerprint density at radius 1 is 1.04 bits per heavy atom. The van der Waals surface area contributed by atoms with Crippen LogP contribution in [0, 0.1) is 0 Å². The van der Waals surface area contributed by atoms with E-state index in [4.69, 9.17) is 0 Å². The molecular weight excluding hydrogens is 357 g/mol. The lowest BCUT2D eigenvalue weighted by Gasteiger charge is -2.12. The van der Waals surface area contributed by atoms with Crippen LogP contribution in [0.5, 0.6) is 5.75 Å². The fourth-order valence-corrected chi connectivity index (χ4v) is 3.21. The number of ether oxygens (including phenoxy) is 1. The lowest BCUT2D eigenvalue weighted by atomic mass is 9.99. The molecule has 0 bridgehead atoms. The molecule has 1 saturated carbocycles. The number of rotatable bonds is 3. The predicted octanol–water partition coefficient (Wildman–Crippen LogP) is 5.33. The monoisotopic (exact) mass is 374 g/mol. The molecule has 0 spiro atoms. The highest BCUT2D eigenvalue weighted by Gasteiger charge is 2.31. The minimum atomic E-state index is -4.74. The van der Waals surface area contributed by atoms with Gasteiger partial charge in [-0.25, -0.2) is 14.5 Å². The number of benzene rings is 1. The van der Waals surface area contributed by atoms with Crippen LogP contribution in [0.1, 0.15) is 32.1 Å². The van der Waals surface area contributed by atoms with E-state index in [1.807, 2.05) is 0 Å². The van der Waals surface area contributed by atoms with E-state index in [9.17, 15) is 13.2 Å². The Kier molecular flexibility index (Phi) is 4.55. The second-order valence-corrected chi connectivity index (χ2v) is 6.42. The molecule has 0 aliphatic heterocycles. The summed E-state index contributed by atoms with van der Waals surface area (Å²) in [7, 11) is 0. The van der Waals surface area contributed by atoms with Gasteiger partial charge in [-0.2, -0.15) is 0 Å². The minimum Gasteiger partial charge on any atom is -0.406 e. The van der Waals surface area contributed by atoms with E-state index < -0.39 is 6.36 Å². The van der Waals surface area contributed by atoms with Crippen LogP contribution in [0.3, 0.4) is 0 Å². The number of fused-ring (bicyclic) bond motifs is 1. The number of imidazole rings is 1. The first kappa shape index (κ1) is 17.5. The van der Waals surface area contributed by atoms with E-state index in [-0.39, 0.29) is 5.75 Å². The molecule has 2 aromatic heterocycles. The van der Waals surface area contributed by atoms with E-state index in [0.29, 0.717) is 22.7 Å². The summed E-state index contributed by atoms with van der Waals surface area (Å²) in [6.07, 6.45) is 2.31. The molecule has 0 atom stereocenters. The summed E-state index contributed by atoms with van der Waals surface area (Å²) in [5, 5.41) is 4.51. The number of aliphatic imine (C=N–C) groups is 1. The van der Waals surface area contributed by atoms with Gasteiger partial charge < -0.3 is 4.74 Å². The quantitative estimate of drug-likeness (QED) is 0.622. The third kappa shape index (κ3) is 4.10. The molecule has 0 radical (unpaired) electrons. The van der Waals surface area contributed by atoms with Crippen LogP contribution < -0.4 is 4.74 Å². The molecule has 1 aromatic carbocycles. The zero-order valence-electron chi connectivity index (χ0n) is 14.4. The van der Waals surface area contributed by atoms with Crippen molar-refractivity contribution in [2.75, 3.05) is 0 Å². The molecular formula is C19H17F3N4O. The largest absolute Gasteiger partial charge is 0.573 e. The third-order valence-corrected chi connectivity index (χ3v) is 4.41. The summed E-state index contributed by atoms with van der Waals surface area (Å²) in [5.41, 5.74) is 2.83. The first-order valence-corrected chi connectivity index (χ1v) is 8.75. The molecule has 3 aromatic rings. The standard InChI is InChI=1S/C19H17F3N4O/c20-19(21,22)27-15-8-4-5-13(11-15)16-12-23-18-10-9-17(25-26(16)18)24-14-6-2-1-3-7-14/h4-5,8-12H,1-3,6-7H2. The molecule has 0 N–H and O–H groups in total. The smallest absolute Gasteiger partial charge is 0.406 e. The minimum absolute atomic E-state index is 0.284. The summed E-state index contributed by atoms with van der Waals surface area (Å²) in [6, 6.07) is 9.37. The van der Waals surface area contributed by atoms with Crippen molar-refractivity contribution >= 4 is 17.2 Å². The van der Waals surface area contributed by atoms with Crippen LogP contribution in [0.15, 0.2) is 47.6 Å². The summed E-state index contributed by atoms with van der Waals surface area (Å²) >= 11 is 0. The molecule has 4 rings (SSSR count). The number of hydrogen-bond acceptors (Lipinski definition) is 4. The SMILES string of the molecule is FC(F)(F)Oc1cccc(-c2cnc3ccc(N=C4CCCCC4)nn23)c1. The van der Waals surface area contributed by atoms with Crippen molar-refractivity contribution in [3.8, 4) is 17.0 Å². The van der Waals surface area contributed by atoms with Crippen molar-refractivity contribution < 1.29 is 17.9 Å². The van der Waals surface area contributed by atoms with Gasteiger partial charge in [0.05, 0.1) is 11.9 Å². The third-order valence-electron chi connectivity index (χ3n) is 4.41. The predicted molar refractivity (Wildman–Crippen MR) is 95.3 cm³/mol. The Bertz CT molecular complexity index is 986. The average Bonchev–Trinajstić information content (AvgIpc) is 3.05. The normalized spacial score (nSPS) is 15.1. The number of nitrogens with zero attached hydrogens (tertiary/aromatic N) is 4. The fraction of sp³-hybridized carbons (Fsp3) is 0.316. The van der Waals surface area contributed by atoms with Gasteiger partial charge in [-0.1, -0.05) is 18.6 Å². The van der Waals surface area contributed by atoms with Crippen molar-refractivity contribution in [1.29, 1.82) is 0 Å². The second-order valence-electron chi connectivity index (χ2n) is 6.42. The van der Waals surface area contributed by atoms with E-state index in [0.717, 1.165) is 31.4 Å². The van der Waals surface area contributed by atoms with Crippen LogP contribution in [-0.2, 0) is 0 Å². The molecule has 0 saturated heterocycles. The van der Waals surface area contributed by atoms with Crippen molar-refractivity contribution in [3.05, 3.63) is 42.6 Å². The lowest BCUT2D eigenvalue weighted by molar-refractivity contribution is -0.274. The van der Waals surface area contributed by atoms with E-state index >= 15 is 0 Å². The first-order valence-electron chi connectivity index (χ1n) is 8.75. The van der Waals surface area contributed by atoms with Crippen molar-refractivity contribution in [3.63, 3.8) is 0 Å². The highest BCUT2D eigenvalue weighted by Crippen LogP contribution is 2.28. The number of halogens is 3. The van der Waals surface area contributed by atoms with Gasteiger partial charge >= 0.3 is 6.36 Å². The van der Waals surface area contributed by atoms with Crippen LogP contribution in [-0.4, -0.2) is 26.7 Å². The summed E-state index contributed by atoms with van der Waals surface area (Å²) in [4.78, 5) is 8.91. The highest BCUT2D eigenvalue weighted by atomic mass is 19.4. The molecule has 140 valence electrons. The van der Waals surface area contributed by atoms with Gasteiger partial charge in [0.1, 0.15) is 5.75 Å². The van der Waals surface area contributed by atoms with Crippen LogP contribution in [0.25, 0.3) is 16.9 Å². The number of aromatic nitrogens is 3. The molecule has 8 heteroatoms. The van der Waals surface area contributed by atoms with Crippen molar-refractivity contribution in [1.82, 2.24) is 14.6 Å². The van der Waals surface area contributed by atoms with E-state index in [1.54, 1.807) is 28.9 Å². The molecule has 1 aliphatic carbocycles. The summed E-state index contributed by atoms with van der Waals surface area (Å²) in [5.74, 6) is 0.287. The van der Waals surface area contributed by atoms with Gasteiger partial charge in [-0.05, 0) is 49.9 Å². The van der Waals surface area contributed by atoms with E-state index in [1.165, 1.54) is 24.6 Å².